The monoisotopic (exact) mass is 351 g/mol. The molecular formula is C21H25N3O2. The predicted molar refractivity (Wildman–Crippen MR) is 103 cm³/mol. The first-order chi connectivity index (χ1) is 12.8. The maximum Gasteiger partial charge on any atom is 0.127 e. The van der Waals surface area contributed by atoms with Crippen LogP contribution in [0.1, 0.15) is 17.5 Å². The van der Waals surface area contributed by atoms with Gasteiger partial charge in [-0.1, -0.05) is 18.2 Å². The molecule has 4 rings (SSSR count). The number of morpholine rings is 1. The Kier molecular flexibility index (Phi) is 5.18. The molecule has 0 unspecified atom stereocenters. The average Bonchev–Trinajstić information content (AvgIpc) is 2.67. The molecule has 1 aromatic carbocycles. The van der Waals surface area contributed by atoms with Gasteiger partial charge in [0.2, 0.25) is 0 Å². The second kappa shape index (κ2) is 7.89. The van der Waals surface area contributed by atoms with Gasteiger partial charge in [0, 0.05) is 31.4 Å². The van der Waals surface area contributed by atoms with Gasteiger partial charge in [-0.3, -0.25) is 4.90 Å². The third kappa shape index (κ3) is 4.23. The zero-order valence-corrected chi connectivity index (χ0v) is 14.9. The van der Waals surface area contributed by atoms with Crippen LogP contribution in [-0.4, -0.2) is 48.8 Å². The van der Waals surface area contributed by atoms with E-state index >= 15 is 0 Å². The standard InChI is InChI=1S/C21H25N3O2/c22-21-12-16(7-8-23-21)5-6-19-14-24(9-10-25-19)13-17-11-18-3-1-2-4-20(18)26-15-17/h1-4,7-8,11-12,19H,5-6,9-10,13-15H2,(H2,22,23)/t19-/m1/s1. The van der Waals surface area contributed by atoms with E-state index in [1.54, 1.807) is 6.20 Å². The van der Waals surface area contributed by atoms with Gasteiger partial charge in [0.05, 0.1) is 12.7 Å². The molecule has 0 bridgehead atoms. The van der Waals surface area contributed by atoms with E-state index in [1.165, 1.54) is 16.7 Å². The van der Waals surface area contributed by atoms with Crippen LogP contribution in [-0.2, 0) is 11.2 Å². The fourth-order valence-corrected chi connectivity index (χ4v) is 3.62. The van der Waals surface area contributed by atoms with Crippen LogP contribution in [0.2, 0.25) is 0 Å². The van der Waals surface area contributed by atoms with Crippen LogP contribution in [0.5, 0.6) is 5.75 Å². The largest absolute Gasteiger partial charge is 0.489 e. The van der Waals surface area contributed by atoms with E-state index in [-0.39, 0.29) is 6.10 Å². The molecule has 0 amide bonds. The number of hydrogen-bond acceptors (Lipinski definition) is 5. The maximum absolute atomic E-state index is 5.97. The van der Waals surface area contributed by atoms with Gasteiger partial charge in [0.1, 0.15) is 18.2 Å². The van der Waals surface area contributed by atoms with Gasteiger partial charge in [-0.05, 0) is 48.3 Å². The van der Waals surface area contributed by atoms with E-state index in [9.17, 15) is 0 Å². The van der Waals surface area contributed by atoms with Crippen molar-refractivity contribution < 1.29 is 9.47 Å². The van der Waals surface area contributed by atoms with Crippen LogP contribution >= 0.6 is 0 Å². The van der Waals surface area contributed by atoms with E-state index in [2.05, 4.69) is 28.1 Å². The molecule has 5 nitrogen and oxygen atoms in total. The lowest BCUT2D eigenvalue weighted by Gasteiger charge is -2.34. The topological polar surface area (TPSA) is 60.6 Å². The van der Waals surface area contributed by atoms with Gasteiger partial charge in [-0.2, -0.15) is 0 Å². The van der Waals surface area contributed by atoms with E-state index in [1.807, 2.05) is 24.3 Å². The third-order valence-corrected chi connectivity index (χ3v) is 4.94. The maximum atomic E-state index is 5.97. The zero-order chi connectivity index (χ0) is 17.8. The number of fused-ring (bicyclic) bond motifs is 1. The highest BCUT2D eigenvalue weighted by molar-refractivity contribution is 5.62. The highest BCUT2D eigenvalue weighted by atomic mass is 16.5. The number of hydrogen-bond donors (Lipinski definition) is 1. The molecule has 0 radical (unpaired) electrons. The van der Waals surface area contributed by atoms with Gasteiger partial charge < -0.3 is 15.2 Å². The Hall–Kier alpha value is -2.37. The molecular weight excluding hydrogens is 326 g/mol. The number of benzene rings is 1. The van der Waals surface area contributed by atoms with Crippen molar-refractivity contribution in [2.45, 2.75) is 18.9 Å². The smallest absolute Gasteiger partial charge is 0.127 e. The van der Waals surface area contributed by atoms with E-state index in [0.29, 0.717) is 12.4 Å². The molecule has 1 saturated heterocycles. The normalized spacial score (nSPS) is 20.2. The van der Waals surface area contributed by atoms with Crippen molar-refractivity contribution in [3.05, 3.63) is 59.3 Å². The lowest BCUT2D eigenvalue weighted by atomic mass is 10.0. The van der Waals surface area contributed by atoms with Crippen LogP contribution in [0.3, 0.4) is 0 Å². The van der Waals surface area contributed by atoms with Crippen LogP contribution in [0.25, 0.3) is 6.08 Å². The number of nitrogen functional groups attached to an aromatic ring is 1. The Morgan fingerprint density at radius 2 is 2.15 bits per heavy atom. The average molecular weight is 351 g/mol. The van der Waals surface area contributed by atoms with E-state index in [4.69, 9.17) is 15.2 Å². The van der Waals surface area contributed by atoms with Crippen molar-refractivity contribution in [2.75, 3.05) is 38.6 Å². The van der Waals surface area contributed by atoms with E-state index in [0.717, 1.165) is 44.8 Å². The van der Waals surface area contributed by atoms with Crippen LogP contribution in [0.4, 0.5) is 5.82 Å². The van der Waals surface area contributed by atoms with Crippen molar-refractivity contribution in [1.82, 2.24) is 9.88 Å². The zero-order valence-electron chi connectivity index (χ0n) is 14.9. The Morgan fingerprint density at radius 3 is 3.08 bits per heavy atom. The molecule has 1 fully saturated rings. The molecule has 0 saturated carbocycles. The highest BCUT2D eigenvalue weighted by Crippen LogP contribution is 2.26. The summed E-state index contributed by atoms with van der Waals surface area (Å²) in [7, 11) is 0. The number of aryl methyl sites for hydroxylation is 1. The summed E-state index contributed by atoms with van der Waals surface area (Å²) in [6.45, 7) is 4.33. The summed E-state index contributed by atoms with van der Waals surface area (Å²) < 4.78 is 11.8. The number of pyridine rings is 1. The second-order valence-corrected chi connectivity index (χ2v) is 6.98. The minimum atomic E-state index is 0.260. The molecule has 2 aliphatic rings. The molecule has 2 aliphatic heterocycles. The summed E-state index contributed by atoms with van der Waals surface area (Å²) in [4.78, 5) is 6.52. The Labute approximate surface area is 154 Å². The van der Waals surface area contributed by atoms with E-state index < -0.39 is 0 Å². The first-order valence-corrected chi connectivity index (χ1v) is 9.22. The Morgan fingerprint density at radius 1 is 1.23 bits per heavy atom. The highest BCUT2D eigenvalue weighted by Gasteiger charge is 2.22. The number of ether oxygens (including phenoxy) is 2. The van der Waals surface area contributed by atoms with Crippen molar-refractivity contribution >= 4 is 11.9 Å². The minimum Gasteiger partial charge on any atom is -0.489 e. The minimum absolute atomic E-state index is 0.260. The van der Waals surface area contributed by atoms with Gasteiger partial charge in [0.25, 0.3) is 0 Å². The molecule has 2 aromatic rings. The fraction of sp³-hybridized carbons (Fsp3) is 0.381. The van der Waals surface area contributed by atoms with Crippen molar-refractivity contribution in [3.8, 4) is 5.75 Å². The van der Waals surface area contributed by atoms with Crippen LogP contribution in [0.15, 0.2) is 48.2 Å². The molecule has 0 spiro atoms. The van der Waals surface area contributed by atoms with Crippen molar-refractivity contribution in [2.24, 2.45) is 0 Å². The summed E-state index contributed by atoms with van der Waals surface area (Å²) >= 11 is 0. The first-order valence-electron chi connectivity index (χ1n) is 9.22. The Bertz CT molecular complexity index is 790. The van der Waals surface area contributed by atoms with Gasteiger partial charge in [-0.15, -0.1) is 0 Å². The van der Waals surface area contributed by atoms with Gasteiger partial charge in [0.15, 0.2) is 0 Å². The summed E-state index contributed by atoms with van der Waals surface area (Å²) in [5, 5.41) is 0. The summed E-state index contributed by atoms with van der Waals surface area (Å²) in [6.07, 6.45) is 6.26. The third-order valence-electron chi connectivity index (χ3n) is 4.94. The molecule has 3 heterocycles. The number of nitrogens with zero attached hydrogens (tertiary/aromatic N) is 2. The fourth-order valence-electron chi connectivity index (χ4n) is 3.62. The lowest BCUT2D eigenvalue weighted by molar-refractivity contribution is -0.0291. The molecule has 2 N–H and O–H groups in total. The first kappa shape index (κ1) is 17.1. The van der Waals surface area contributed by atoms with Crippen molar-refractivity contribution in [1.29, 1.82) is 0 Å². The molecule has 136 valence electrons. The molecule has 5 heteroatoms. The summed E-state index contributed by atoms with van der Waals surface area (Å²) in [6, 6.07) is 12.2. The quantitative estimate of drug-likeness (QED) is 0.898. The summed E-state index contributed by atoms with van der Waals surface area (Å²) in [5.41, 5.74) is 9.48. The molecule has 0 aliphatic carbocycles. The van der Waals surface area contributed by atoms with Gasteiger partial charge in [-0.25, -0.2) is 4.98 Å². The number of nitrogens with two attached hydrogens (primary N) is 1. The number of aromatic nitrogens is 1. The van der Waals surface area contributed by atoms with Crippen LogP contribution < -0.4 is 10.5 Å². The number of anilines is 1. The molecule has 1 aromatic heterocycles. The summed E-state index contributed by atoms with van der Waals surface area (Å²) in [5.74, 6) is 1.56. The number of para-hydroxylation sites is 1. The SMILES string of the molecule is Nc1cc(CC[C@@H]2CN(CC3=Cc4ccccc4OC3)CCO2)ccn1. The Balaban J connectivity index is 1.32. The predicted octanol–water partition coefficient (Wildman–Crippen LogP) is 2.77. The number of rotatable bonds is 5. The second-order valence-electron chi connectivity index (χ2n) is 6.98. The van der Waals surface area contributed by atoms with Crippen LogP contribution in [0, 0.1) is 0 Å². The van der Waals surface area contributed by atoms with Crippen molar-refractivity contribution in [3.63, 3.8) is 0 Å². The lowest BCUT2D eigenvalue weighted by Crippen LogP contribution is -2.43. The molecule has 26 heavy (non-hydrogen) atoms. The molecule has 1 atom stereocenters. The van der Waals surface area contributed by atoms with Gasteiger partial charge >= 0.3 is 0 Å².